The molecule has 0 spiro atoms. The van der Waals surface area contributed by atoms with Crippen LogP contribution in [0.3, 0.4) is 0 Å². The molecule has 1 unspecified atom stereocenters. The van der Waals surface area contributed by atoms with Crippen molar-refractivity contribution in [3.63, 3.8) is 0 Å². The second-order valence-corrected chi connectivity index (χ2v) is 7.88. The van der Waals surface area contributed by atoms with E-state index in [1.54, 1.807) is 35.5 Å². The van der Waals surface area contributed by atoms with E-state index in [0.29, 0.717) is 36.0 Å². The number of piperidine rings is 1. The van der Waals surface area contributed by atoms with Crippen molar-refractivity contribution in [1.82, 2.24) is 25.2 Å². The van der Waals surface area contributed by atoms with E-state index < -0.39 is 0 Å². The van der Waals surface area contributed by atoms with E-state index in [0.717, 1.165) is 18.4 Å². The number of amides is 2. The summed E-state index contributed by atoms with van der Waals surface area (Å²) in [4.78, 5) is 39.5. The van der Waals surface area contributed by atoms with E-state index in [9.17, 15) is 14.0 Å². The van der Waals surface area contributed by atoms with Gasteiger partial charge in [0.1, 0.15) is 11.6 Å². The highest BCUT2D eigenvalue weighted by Crippen LogP contribution is 2.32. The molecule has 2 amide bonds. The molecule has 0 aliphatic carbocycles. The highest BCUT2D eigenvalue weighted by Gasteiger charge is 2.30. The normalized spacial score (nSPS) is 15.7. The lowest BCUT2D eigenvalue weighted by Crippen LogP contribution is -2.44. The Morgan fingerprint density at radius 1 is 1.15 bits per heavy atom. The zero-order valence-corrected chi connectivity index (χ0v) is 18.3. The molecule has 0 saturated carbocycles. The van der Waals surface area contributed by atoms with E-state index in [1.165, 1.54) is 19.1 Å². The Morgan fingerprint density at radius 2 is 2.03 bits per heavy atom. The summed E-state index contributed by atoms with van der Waals surface area (Å²) in [7, 11) is 0. The summed E-state index contributed by atoms with van der Waals surface area (Å²) >= 11 is 0. The minimum Gasteiger partial charge on any atom is -0.347 e. The van der Waals surface area contributed by atoms with E-state index in [2.05, 4.69) is 20.6 Å². The van der Waals surface area contributed by atoms with Gasteiger partial charge in [0.25, 0.3) is 0 Å². The van der Waals surface area contributed by atoms with E-state index in [1.807, 2.05) is 12.1 Å². The van der Waals surface area contributed by atoms with Crippen LogP contribution < -0.4 is 10.6 Å². The number of halogens is 1. The Bertz CT molecular complexity index is 1140. The third-order valence-corrected chi connectivity index (χ3v) is 5.41. The second kappa shape index (κ2) is 10.2. The maximum Gasteiger partial charge on any atom is 0.242 e. The standard InChI is InChI=1S/C24H25FN6O2/c1-16(32)27-15-23(33)31-11-3-2-9-21(31)24-29-20(17-6-5-10-26-14-17)13-22(30-24)28-19-8-4-7-18(25)12-19/h4-8,10,12-14,21H,2-3,9,11,15H2,1H3,(H,27,32)(H,28,29,30). The average Bonchev–Trinajstić information content (AvgIpc) is 2.83. The van der Waals surface area contributed by atoms with Gasteiger partial charge >= 0.3 is 0 Å². The second-order valence-electron chi connectivity index (χ2n) is 7.88. The van der Waals surface area contributed by atoms with Gasteiger partial charge in [0.15, 0.2) is 5.82 Å². The average molecular weight is 449 g/mol. The van der Waals surface area contributed by atoms with Gasteiger partial charge in [-0.05, 0) is 49.6 Å². The van der Waals surface area contributed by atoms with Gasteiger partial charge < -0.3 is 15.5 Å². The Balaban J connectivity index is 1.70. The van der Waals surface area contributed by atoms with Crippen LogP contribution in [0, 0.1) is 5.82 Å². The van der Waals surface area contributed by atoms with Gasteiger partial charge in [0, 0.05) is 43.2 Å². The zero-order valence-electron chi connectivity index (χ0n) is 18.3. The fourth-order valence-corrected chi connectivity index (χ4v) is 3.86. The molecule has 1 aliphatic heterocycles. The summed E-state index contributed by atoms with van der Waals surface area (Å²) in [6.45, 7) is 1.88. The number of rotatable bonds is 6. The highest BCUT2D eigenvalue weighted by molar-refractivity contribution is 5.84. The summed E-state index contributed by atoms with van der Waals surface area (Å²) in [5.74, 6) is 0.192. The smallest absolute Gasteiger partial charge is 0.242 e. The van der Waals surface area contributed by atoms with Crippen LogP contribution in [0.2, 0.25) is 0 Å². The number of carbonyl (C=O) groups excluding carboxylic acids is 2. The molecule has 1 atom stereocenters. The molecule has 33 heavy (non-hydrogen) atoms. The Hall–Kier alpha value is -3.88. The van der Waals surface area contributed by atoms with E-state index in [-0.39, 0.29) is 30.2 Å². The fraction of sp³-hybridized carbons (Fsp3) is 0.292. The number of likely N-dealkylation sites (tertiary alicyclic amines) is 1. The van der Waals surface area contributed by atoms with Crippen LogP contribution >= 0.6 is 0 Å². The Labute approximate surface area is 191 Å². The van der Waals surface area contributed by atoms with Crippen molar-refractivity contribution in [1.29, 1.82) is 0 Å². The molecule has 2 N–H and O–H groups in total. The summed E-state index contributed by atoms with van der Waals surface area (Å²) in [5.41, 5.74) is 2.00. The van der Waals surface area contributed by atoms with Crippen molar-refractivity contribution < 1.29 is 14.0 Å². The van der Waals surface area contributed by atoms with Crippen molar-refractivity contribution in [2.45, 2.75) is 32.2 Å². The maximum atomic E-state index is 13.7. The SMILES string of the molecule is CC(=O)NCC(=O)N1CCCCC1c1nc(Nc2cccc(F)c2)cc(-c2cccnc2)n1. The number of benzene rings is 1. The molecule has 1 fully saturated rings. The lowest BCUT2D eigenvalue weighted by Gasteiger charge is -2.35. The van der Waals surface area contributed by atoms with Crippen LogP contribution in [0.4, 0.5) is 15.9 Å². The molecule has 3 heterocycles. The third kappa shape index (κ3) is 5.68. The lowest BCUT2D eigenvalue weighted by molar-refractivity contribution is -0.136. The molecule has 1 aliphatic rings. The van der Waals surface area contributed by atoms with Crippen LogP contribution in [0.25, 0.3) is 11.3 Å². The van der Waals surface area contributed by atoms with Gasteiger partial charge in [-0.2, -0.15) is 0 Å². The first-order valence-electron chi connectivity index (χ1n) is 10.9. The number of anilines is 2. The number of aromatic nitrogens is 3. The number of pyridine rings is 1. The molecule has 1 saturated heterocycles. The Morgan fingerprint density at radius 3 is 2.79 bits per heavy atom. The van der Waals surface area contributed by atoms with Gasteiger partial charge in [-0.1, -0.05) is 6.07 Å². The van der Waals surface area contributed by atoms with Crippen molar-refractivity contribution in [3.05, 3.63) is 66.5 Å². The van der Waals surface area contributed by atoms with E-state index in [4.69, 9.17) is 4.98 Å². The van der Waals surface area contributed by atoms with Crippen LogP contribution in [0.1, 0.15) is 38.1 Å². The number of nitrogens with zero attached hydrogens (tertiary/aromatic N) is 4. The topological polar surface area (TPSA) is 100 Å². The molecular formula is C24H25FN6O2. The van der Waals surface area contributed by atoms with Gasteiger partial charge in [-0.25, -0.2) is 14.4 Å². The molecule has 3 aromatic rings. The minimum absolute atomic E-state index is 0.0669. The largest absolute Gasteiger partial charge is 0.347 e. The predicted molar refractivity (Wildman–Crippen MR) is 122 cm³/mol. The Kier molecular flexibility index (Phi) is 6.87. The molecule has 8 nitrogen and oxygen atoms in total. The molecule has 170 valence electrons. The van der Waals surface area contributed by atoms with Crippen molar-refractivity contribution in [2.75, 3.05) is 18.4 Å². The number of carbonyl (C=O) groups is 2. The molecule has 1 aromatic carbocycles. The van der Waals surface area contributed by atoms with Crippen LogP contribution in [-0.2, 0) is 9.59 Å². The van der Waals surface area contributed by atoms with Crippen LogP contribution in [0.5, 0.6) is 0 Å². The predicted octanol–water partition coefficient (Wildman–Crippen LogP) is 3.61. The lowest BCUT2D eigenvalue weighted by atomic mass is 10.0. The summed E-state index contributed by atoms with van der Waals surface area (Å²) in [6, 6.07) is 11.3. The molecule has 4 rings (SSSR count). The molecule has 0 radical (unpaired) electrons. The summed E-state index contributed by atoms with van der Waals surface area (Å²) in [5, 5.41) is 5.72. The van der Waals surface area contributed by atoms with Crippen molar-refractivity contribution >= 4 is 23.3 Å². The number of hydrogen-bond acceptors (Lipinski definition) is 6. The summed E-state index contributed by atoms with van der Waals surface area (Å²) < 4.78 is 13.7. The molecular weight excluding hydrogens is 423 g/mol. The van der Waals surface area contributed by atoms with Gasteiger partial charge in [-0.15, -0.1) is 0 Å². The quantitative estimate of drug-likeness (QED) is 0.598. The van der Waals surface area contributed by atoms with Crippen LogP contribution in [-0.4, -0.2) is 44.8 Å². The van der Waals surface area contributed by atoms with E-state index >= 15 is 0 Å². The van der Waals surface area contributed by atoms with Crippen molar-refractivity contribution in [3.8, 4) is 11.3 Å². The maximum absolute atomic E-state index is 13.7. The first-order chi connectivity index (χ1) is 16.0. The summed E-state index contributed by atoms with van der Waals surface area (Å²) in [6.07, 6.45) is 5.90. The highest BCUT2D eigenvalue weighted by atomic mass is 19.1. The van der Waals surface area contributed by atoms with Crippen LogP contribution in [0.15, 0.2) is 54.9 Å². The van der Waals surface area contributed by atoms with Gasteiger partial charge in [0.05, 0.1) is 18.3 Å². The zero-order chi connectivity index (χ0) is 23.2. The first kappa shape index (κ1) is 22.3. The van der Waals surface area contributed by atoms with Crippen molar-refractivity contribution in [2.24, 2.45) is 0 Å². The monoisotopic (exact) mass is 448 g/mol. The molecule has 0 bridgehead atoms. The van der Waals surface area contributed by atoms with Gasteiger partial charge in [0.2, 0.25) is 11.8 Å². The number of hydrogen-bond donors (Lipinski definition) is 2. The number of nitrogens with one attached hydrogen (secondary N) is 2. The molecule has 2 aromatic heterocycles. The molecule has 9 heteroatoms. The third-order valence-electron chi connectivity index (χ3n) is 5.41. The van der Waals surface area contributed by atoms with Gasteiger partial charge in [-0.3, -0.25) is 14.6 Å². The fourth-order valence-electron chi connectivity index (χ4n) is 3.86. The minimum atomic E-state index is -0.358. The first-order valence-corrected chi connectivity index (χ1v) is 10.9.